The van der Waals surface area contributed by atoms with Crippen LogP contribution in [0.2, 0.25) is 0 Å². The maximum Gasteiger partial charge on any atom is 0.150 e. The molecule has 0 saturated heterocycles. The molecule has 1 N–H and O–H groups in total. The first kappa shape index (κ1) is 12.0. The van der Waals surface area contributed by atoms with E-state index < -0.39 is 0 Å². The quantitative estimate of drug-likeness (QED) is 0.642. The average Bonchev–Trinajstić information content (AvgIpc) is 2.05. The number of carbonyl (C=O) groups is 1. The number of ketones is 1. The van der Waals surface area contributed by atoms with Gasteiger partial charge in [0.2, 0.25) is 0 Å². The van der Waals surface area contributed by atoms with Crippen LogP contribution in [-0.4, -0.2) is 24.1 Å². The molecule has 3 heteroatoms. The van der Waals surface area contributed by atoms with Crippen LogP contribution in [0.4, 0.5) is 0 Å². The van der Waals surface area contributed by atoms with Crippen molar-refractivity contribution in [2.24, 2.45) is 5.92 Å². The number of thiol groups is 1. The lowest BCUT2D eigenvalue weighted by Gasteiger charge is -2.24. The molecule has 72 valence electrons. The van der Waals surface area contributed by atoms with Crippen molar-refractivity contribution < 1.29 is 4.79 Å². The Morgan fingerprint density at radius 3 is 2.25 bits per heavy atom. The van der Waals surface area contributed by atoms with Crippen molar-refractivity contribution in [2.75, 3.05) is 7.05 Å². The van der Waals surface area contributed by atoms with Crippen molar-refractivity contribution in [3.63, 3.8) is 0 Å². The molecule has 0 spiro atoms. The Labute approximate surface area is 80.5 Å². The average molecular weight is 189 g/mol. The molecule has 2 unspecified atom stereocenters. The van der Waals surface area contributed by atoms with Crippen LogP contribution in [0, 0.1) is 5.92 Å². The van der Waals surface area contributed by atoms with E-state index in [2.05, 4.69) is 31.8 Å². The van der Waals surface area contributed by atoms with Crippen LogP contribution in [0.1, 0.15) is 27.2 Å². The minimum absolute atomic E-state index is 0.0988. The predicted octanol–water partition coefficient (Wildman–Crippen LogP) is 1.51. The lowest BCUT2D eigenvalue weighted by molar-refractivity contribution is -0.120. The fourth-order valence-electron chi connectivity index (χ4n) is 1.13. The van der Waals surface area contributed by atoms with Crippen molar-refractivity contribution >= 4 is 18.4 Å². The van der Waals surface area contributed by atoms with Gasteiger partial charge in [0.1, 0.15) is 0 Å². The number of rotatable bonds is 5. The number of likely N-dealkylation sites (N-methyl/N-ethyl adjacent to an activating group) is 1. The maximum atomic E-state index is 11.4. The molecular formula is C9H19NOS. The van der Waals surface area contributed by atoms with Gasteiger partial charge < -0.3 is 5.32 Å². The van der Waals surface area contributed by atoms with Gasteiger partial charge in [-0.05, 0) is 13.0 Å². The normalized spacial score (nSPS) is 16.2. The summed E-state index contributed by atoms with van der Waals surface area (Å²) >= 11 is 4.41. The zero-order chi connectivity index (χ0) is 9.72. The molecule has 0 aliphatic rings. The molecule has 2 atom stereocenters. The Morgan fingerprint density at radius 1 is 1.50 bits per heavy atom. The van der Waals surface area contributed by atoms with Crippen LogP contribution in [0.25, 0.3) is 0 Å². The van der Waals surface area contributed by atoms with Gasteiger partial charge in [-0.2, -0.15) is 12.6 Å². The molecule has 0 aliphatic carbocycles. The molecule has 0 rings (SSSR count). The van der Waals surface area contributed by atoms with E-state index in [0.717, 1.165) is 0 Å². The van der Waals surface area contributed by atoms with Gasteiger partial charge in [-0.1, -0.05) is 20.8 Å². The summed E-state index contributed by atoms with van der Waals surface area (Å²) in [5, 5.41) is 3.12. The van der Waals surface area contributed by atoms with Crippen LogP contribution in [0.3, 0.4) is 0 Å². The van der Waals surface area contributed by atoms with Gasteiger partial charge in [0, 0.05) is 11.7 Å². The summed E-state index contributed by atoms with van der Waals surface area (Å²) in [7, 11) is 1.81. The first-order valence-electron chi connectivity index (χ1n) is 4.42. The predicted molar refractivity (Wildman–Crippen MR) is 55.8 cm³/mol. The first-order chi connectivity index (χ1) is 5.54. The van der Waals surface area contributed by atoms with Gasteiger partial charge in [-0.15, -0.1) is 0 Å². The van der Waals surface area contributed by atoms with Crippen LogP contribution in [0.15, 0.2) is 0 Å². The molecule has 0 radical (unpaired) electrons. The van der Waals surface area contributed by atoms with Gasteiger partial charge in [0.25, 0.3) is 0 Å². The zero-order valence-corrected chi connectivity index (χ0v) is 9.19. The topological polar surface area (TPSA) is 29.1 Å². The summed E-state index contributed by atoms with van der Waals surface area (Å²) in [5.74, 6) is 0.660. The molecule has 0 aliphatic heterocycles. The summed E-state index contributed by atoms with van der Waals surface area (Å²) in [5.41, 5.74) is 0. The molecule has 0 amide bonds. The number of Topliss-reactive ketones (excluding diaryl/α,β-unsaturated/α-hetero) is 1. The van der Waals surface area contributed by atoms with E-state index in [0.29, 0.717) is 12.3 Å². The largest absolute Gasteiger partial charge is 0.310 e. The van der Waals surface area contributed by atoms with Crippen LogP contribution in [-0.2, 0) is 4.79 Å². The van der Waals surface area contributed by atoms with E-state index in [1.165, 1.54) is 0 Å². The molecule has 0 saturated carbocycles. The zero-order valence-electron chi connectivity index (χ0n) is 8.29. The fraction of sp³-hybridized carbons (Fsp3) is 0.889. The Balaban J connectivity index is 4.23. The summed E-state index contributed by atoms with van der Waals surface area (Å²) < 4.78 is 0. The van der Waals surface area contributed by atoms with Gasteiger partial charge in [0.05, 0.1) is 6.04 Å². The third-order valence-corrected chi connectivity index (χ3v) is 2.93. The van der Waals surface area contributed by atoms with Crippen molar-refractivity contribution in [2.45, 2.75) is 38.5 Å². The second-order valence-electron chi connectivity index (χ2n) is 3.32. The van der Waals surface area contributed by atoms with E-state index >= 15 is 0 Å². The summed E-state index contributed by atoms with van der Waals surface area (Å²) in [6, 6.07) is -0.0988. The summed E-state index contributed by atoms with van der Waals surface area (Å²) in [6.45, 7) is 6.03. The first-order valence-corrected chi connectivity index (χ1v) is 4.94. The molecule has 0 bridgehead atoms. The lowest BCUT2D eigenvalue weighted by Crippen LogP contribution is -2.43. The number of hydrogen-bond acceptors (Lipinski definition) is 3. The molecule has 0 fully saturated rings. The highest BCUT2D eigenvalue weighted by Gasteiger charge is 2.24. The van der Waals surface area contributed by atoms with Crippen LogP contribution < -0.4 is 5.32 Å². The Hall–Kier alpha value is -0.0200. The van der Waals surface area contributed by atoms with E-state index in [-0.39, 0.29) is 17.1 Å². The standard InChI is InChI=1S/C9H19NOS/c1-5-7(11)8(10-4)9(12)6(2)3/h6,8-10,12H,5H2,1-4H3. The maximum absolute atomic E-state index is 11.4. The number of carbonyl (C=O) groups excluding carboxylic acids is 1. The minimum Gasteiger partial charge on any atom is -0.310 e. The van der Waals surface area contributed by atoms with Crippen LogP contribution in [0.5, 0.6) is 0 Å². The van der Waals surface area contributed by atoms with Crippen LogP contribution >= 0.6 is 12.6 Å². The highest BCUT2D eigenvalue weighted by molar-refractivity contribution is 7.81. The van der Waals surface area contributed by atoms with Gasteiger partial charge in [-0.25, -0.2) is 0 Å². The molecule has 0 heterocycles. The van der Waals surface area contributed by atoms with E-state index in [9.17, 15) is 4.79 Å². The van der Waals surface area contributed by atoms with Gasteiger partial charge in [0.15, 0.2) is 5.78 Å². The minimum atomic E-state index is -0.0988. The Morgan fingerprint density at radius 2 is 2.00 bits per heavy atom. The van der Waals surface area contributed by atoms with Gasteiger partial charge in [-0.3, -0.25) is 4.79 Å². The molecule has 0 aromatic carbocycles. The highest BCUT2D eigenvalue weighted by atomic mass is 32.1. The smallest absolute Gasteiger partial charge is 0.150 e. The van der Waals surface area contributed by atoms with Crippen molar-refractivity contribution in [1.29, 1.82) is 0 Å². The molecule has 0 aromatic heterocycles. The third-order valence-electron chi connectivity index (χ3n) is 2.03. The SMILES string of the molecule is CCC(=O)C(NC)C(S)C(C)C. The summed E-state index contributed by atoms with van der Waals surface area (Å²) in [4.78, 5) is 11.4. The second-order valence-corrected chi connectivity index (χ2v) is 3.92. The highest BCUT2D eigenvalue weighted by Crippen LogP contribution is 2.14. The number of nitrogens with one attached hydrogen (secondary N) is 1. The Bertz CT molecular complexity index is 147. The molecule has 0 aromatic rings. The molecular weight excluding hydrogens is 170 g/mol. The molecule has 12 heavy (non-hydrogen) atoms. The van der Waals surface area contributed by atoms with E-state index in [4.69, 9.17) is 0 Å². The van der Waals surface area contributed by atoms with Gasteiger partial charge >= 0.3 is 0 Å². The summed E-state index contributed by atoms with van der Waals surface area (Å²) in [6.07, 6.45) is 0.579. The Kier molecular flexibility index (Phi) is 5.59. The monoisotopic (exact) mass is 189 g/mol. The third kappa shape index (κ3) is 3.15. The fourth-order valence-corrected chi connectivity index (χ4v) is 1.44. The van der Waals surface area contributed by atoms with E-state index in [1.807, 2.05) is 14.0 Å². The van der Waals surface area contributed by atoms with Crippen molar-refractivity contribution in [3.05, 3.63) is 0 Å². The lowest BCUT2D eigenvalue weighted by atomic mass is 9.98. The van der Waals surface area contributed by atoms with Crippen molar-refractivity contribution in [1.82, 2.24) is 5.32 Å². The van der Waals surface area contributed by atoms with E-state index in [1.54, 1.807) is 0 Å². The van der Waals surface area contributed by atoms with Crippen molar-refractivity contribution in [3.8, 4) is 0 Å². The second kappa shape index (κ2) is 5.60. The number of hydrogen-bond donors (Lipinski definition) is 2. The molecule has 2 nitrogen and oxygen atoms in total.